The molecule has 12 heavy (non-hydrogen) atoms. The molecule has 0 aromatic carbocycles. The molecule has 0 spiro atoms. The molecule has 0 saturated heterocycles. The quantitative estimate of drug-likeness (QED) is 0.476. The van der Waals surface area contributed by atoms with Crippen molar-refractivity contribution < 1.29 is 17.4 Å². The Bertz CT molecular complexity index is 97.5. The molecule has 0 bridgehead atoms. The SMILES string of the molecule is CCO[SiH2]OC.[CH3][Al][O]C(C)=O. The summed E-state index contributed by atoms with van der Waals surface area (Å²) in [5.41, 5.74) is 0. The van der Waals surface area contributed by atoms with E-state index < -0.39 is 10.0 Å². The Morgan fingerprint density at radius 3 is 2.25 bits per heavy atom. The van der Waals surface area contributed by atoms with Crippen LogP contribution in [0, 0.1) is 0 Å². The summed E-state index contributed by atoms with van der Waals surface area (Å²) < 4.78 is 14.1. The second kappa shape index (κ2) is 13.7. The third-order valence-corrected chi connectivity index (χ3v) is 2.07. The van der Waals surface area contributed by atoms with Crippen LogP contribution in [0.1, 0.15) is 13.8 Å². The van der Waals surface area contributed by atoms with Gasteiger partial charge in [-0.1, -0.05) is 5.79 Å². The largest absolute Gasteiger partial charge is 0.622 e. The summed E-state index contributed by atoms with van der Waals surface area (Å²) in [6, 6.07) is 0. The van der Waals surface area contributed by atoms with Crippen molar-refractivity contribution in [3.05, 3.63) is 0 Å². The first-order valence-electron chi connectivity index (χ1n) is 3.70. The van der Waals surface area contributed by atoms with Crippen molar-refractivity contribution in [2.75, 3.05) is 13.7 Å². The molecule has 0 aliphatic rings. The van der Waals surface area contributed by atoms with Crippen molar-refractivity contribution in [3.63, 3.8) is 0 Å². The highest BCUT2D eigenvalue weighted by atomic mass is 28.3. The smallest absolute Gasteiger partial charge is 0.521 e. The first-order chi connectivity index (χ1) is 5.68. The topological polar surface area (TPSA) is 44.8 Å². The molecule has 0 N–H and O–H groups in total. The van der Waals surface area contributed by atoms with Gasteiger partial charge < -0.3 is 12.6 Å². The molecule has 0 atom stereocenters. The molecule has 0 amide bonds. The van der Waals surface area contributed by atoms with Gasteiger partial charge in [-0.25, -0.2) is 0 Å². The molecule has 0 heterocycles. The maximum Gasteiger partial charge on any atom is 0.521 e. The fourth-order valence-electron chi connectivity index (χ4n) is 0.333. The zero-order valence-corrected chi connectivity index (χ0v) is 10.7. The average Bonchev–Trinajstić information content (AvgIpc) is 2.02. The third-order valence-electron chi connectivity index (χ3n) is 0.689. The highest BCUT2D eigenvalue weighted by Gasteiger charge is 1.86. The van der Waals surface area contributed by atoms with Crippen molar-refractivity contribution in [2.24, 2.45) is 0 Å². The van der Waals surface area contributed by atoms with Gasteiger partial charge in [-0.15, -0.1) is 0 Å². The number of hydrogen-bond acceptors (Lipinski definition) is 4. The van der Waals surface area contributed by atoms with Gasteiger partial charge >= 0.3 is 25.6 Å². The predicted molar refractivity (Wildman–Crippen MR) is 50.6 cm³/mol. The summed E-state index contributed by atoms with van der Waals surface area (Å²) >= 11 is -0.0972. The molecule has 0 unspecified atom stereocenters. The van der Waals surface area contributed by atoms with Gasteiger partial charge in [-0.2, -0.15) is 0 Å². The molecule has 1 radical (unpaired) electrons. The van der Waals surface area contributed by atoms with Gasteiger partial charge in [0.05, 0.1) is 0 Å². The molecule has 0 saturated carbocycles. The van der Waals surface area contributed by atoms with Gasteiger partial charge in [0.25, 0.3) is 5.97 Å². The standard InChI is InChI=1S/C3H10O2Si.C2H4O2.CH3.Al/c1-3-5-6-4-2;1-2(3)4;;/h3,6H2,1-2H3;1H3,(H,3,4);1H3;/q;;;+1/p-1. The van der Waals surface area contributed by atoms with E-state index in [1.54, 1.807) is 7.11 Å². The first kappa shape index (κ1) is 14.7. The normalized spacial score (nSPS) is 9.00. The van der Waals surface area contributed by atoms with E-state index in [9.17, 15) is 4.79 Å². The lowest BCUT2D eigenvalue weighted by Crippen LogP contribution is -1.98. The molecule has 0 aliphatic carbocycles. The van der Waals surface area contributed by atoms with E-state index >= 15 is 0 Å². The Morgan fingerprint density at radius 2 is 2.17 bits per heavy atom. The Hall–Kier alpha value is 0.139. The van der Waals surface area contributed by atoms with Crippen LogP contribution in [0.25, 0.3) is 0 Å². The Balaban J connectivity index is 0. The Morgan fingerprint density at radius 1 is 1.58 bits per heavy atom. The van der Waals surface area contributed by atoms with Crippen LogP contribution in [0.5, 0.6) is 0 Å². The number of carbonyl (C=O) groups excluding carboxylic acids is 1. The lowest BCUT2D eigenvalue weighted by molar-refractivity contribution is -0.131. The second-order valence-corrected chi connectivity index (χ2v) is 3.67. The fourth-order valence-corrected chi connectivity index (χ4v) is 0.998. The highest BCUT2D eigenvalue weighted by molar-refractivity contribution is 6.28. The Labute approximate surface area is 82.7 Å². The zero-order valence-electron chi connectivity index (χ0n) is 8.12. The van der Waals surface area contributed by atoms with Crippen molar-refractivity contribution >= 4 is 31.5 Å². The number of rotatable bonds is 4. The summed E-state index contributed by atoms with van der Waals surface area (Å²) in [4.78, 5) is 9.84. The van der Waals surface area contributed by atoms with Crippen molar-refractivity contribution in [2.45, 2.75) is 19.6 Å². The van der Waals surface area contributed by atoms with Crippen LogP contribution in [-0.2, 0) is 17.4 Å². The molecular formula is C6H16AlO4Si. The van der Waals surface area contributed by atoms with E-state index in [0.717, 1.165) is 6.61 Å². The molecule has 0 fully saturated rings. The van der Waals surface area contributed by atoms with Crippen LogP contribution >= 0.6 is 0 Å². The minimum Gasteiger partial charge on any atom is -0.622 e. The van der Waals surface area contributed by atoms with Gasteiger partial charge in [0.1, 0.15) is 0 Å². The predicted octanol–water partition coefficient (Wildman–Crippen LogP) is -0.115. The number of hydrogen-bond donors (Lipinski definition) is 0. The van der Waals surface area contributed by atoms with Crippen LogP contribution < -0.4 is 0 Å². The lowest BCUT2D eigenvalue weighted by atomic mass is 10.9. The molecule has 0 aliphatic heterocycles. The molecular weight excluding hydrogens is 191 g/mol. The Kier molecular flexibility index (Phi) is 16.7. The van der Waals surface area contributed by atoms with E-state index in [4.69, 9.17) is 8.85 Å². The van der Waals surface area contributed by atoms with Gasteiger partial charge in [0.2, 0.25) is 0 Å². The fraction of sp³-hybridized carbons (Fsp3) is 0.833. The van der Waals surface area contributed by atoms with Crippen molar-refractivity contribution in [1.29, 1.82) is 0 Å². The maximum absolute atomic E-state index is 9.84. The molecule has 6 heteroatoms. The molecule has 71 valence electrons. The molecule has 0 aromatic heterocycles. The van der Waals surface area contributed by atoms with Crippen LogP contribution in [0.3, 0.4) is 0 Å². The maximum atomic E-state index is 9.84. The van der Waals surface area contributed by atoms with Crippen LogP contribution in [0.2, 0.25) is 5.79 Å². The summed E-state index contributed by atoms with van der Waals surface area (Å²) in [5, 5.41) is 0. The minimum absolute atomic E-state index is 0.0972. The monoisotopic (exact) mass is 207 g/mol. The lowest BCUT2D eigenvalue weighted by Gasteiger charge is -1.92. The first-order valence-corrected chi connectivity index (χ1v) is 6.48. The summed E-state index contributed by atoms with van der Waals surface area (Å²) in [6.07, 6.45) is 0. The molecule has 0 aromatic rings. The van der Waals surface area contributed by atoms with E-state index in [2.05, 4.69) is 3.79 Å². The second-order valence-electron chi connectivity index (χ2n) is 1.74. The van der Waals surface area contributed by atoms with Crippen LogP contribution in [-0.4, -0.2) is 45.2 Å². The van der Waals surface area contributed by atoms with E-state index in [0.29, 0.717) is 0 Å². The van der Waals surface area contributed by atoms with E-state index in [-0.39, 0.29) is 21.5 Å². The zero-order chi connectivity index (χ0) is 9.82. The van der Waals surface area contributed by atoms with Gasteiger partial charge in [-0.05, 0) is 6.92 Å². The third kappa shape index (κ3) is 22.5. The van der Waals surface area contributed by atoms with Gasteiger partial charge in [0.15, 0.2) is 0 Å². The summed E-state index contributed by atoms with van der Waals surface area (Å²) in [6.45, 7) is 4.17. The number of carbonyl (C=O) groups is 1. The summed E-state index contributed by atoms with van der Waals surface area (Å²) in [5.74, 6) is 1.69. The minimum atomic E-state index is -0.578. The van der Waals surface area contributed by atoms with Crippen molar-refractivity contribution in [1.82, 2.24) is 0 Å². The molecule has 0 rings (SSSR count). The van der Waals surface area contributed by atoms with E-state index in [1.807, 2.05) is 12.7 Å². The van der Waals surface area contributed by atoms with Gasteiger partial charge in [0, 0.05) is 20.6 Å². The van der Waals surface area contributed by atoms with Crippen molar-refractivity contribution in [3.8, 4) is 0 Å². The van der Waals surface area contributed by atoms with Crippen LogP contribution in [0.15, 0.2) is 0 Å². The van der Waals surface area contributed by atoms with E-state index in [1.165, 1.54) is 6.92 Å². The van der Waals surface area contributed by atoms with Crippen LogP contribution in [0.4, 0.5) is 0 Å². The molecule has 4 nitrogen and oxygen atoms in total. The highest BCUT2D eigenvalue weighted by Crippen LogP contribution is 1.67. The van der Waals surface area contributed by atoms with Gasteiger partial charge in [-0.3, -0.25) is 4.79 Å². The summed E-state index contributed by atoms with van der Waals surface area (Å²) in [7, 11) is 1.09. The average molecular weight is 207 g/mol.